The Morgan fingerprint density at radius 1 is 1.35 bits per heavy atom. The van der Waals surface area contributed by atoms with E-state index in [4.69, 9.17) is 0 Å². The average Bonchev–Trinajstić information content (AvgIpc) is 2.87. The van der Waals surface area contributed by atoms with Crippen molar-refractivity contribution in [3.05, 3.63) is 53.4 Å². The third-order valence-corrected chi connectivity index (χ3v) is 3.90. The highest BCUT2D eigenvalue weighted by molar-refractivity contribution is 5.26. The Bertz CT molecular complexity index is 587. The predicted molar refractivity (Wildman–Crippen MR) is 79.2 cm³/mol. The molecule has 0 aliphatic rings. The lowest BCUT2D eigenvalue weighted by molar-refractivity contribution is 0.408. The quantitative estimate of drug-likeness (QED) is 0.909. The Morgan fingerprint density at radius 2 is 2.10 bits per heavy atom. The van der Waals surface area contributed by atoms with E-state index in [-0.39, 0.29) is 11.4 Å². The predicted octanol–water partition coefficient (Wildman–Crippen LogP) is 3.03. The van der Waals surface area contributed by atoms with Crippen LogP contribution in [0.3, 0.4) is 0 Å². The summed E-state index contributed by atoms with van der Waals surface area (Å²) in [5.74, 6) is -0.175. The number of aromatic nitrogens is 2. The van der Waals surface area contributed by atoms with Crippen LogP contribution in [0.25, 0.3) is 0 Å². The molecule has 0 radical (unpaired) electrons. The molecule has 0 fully saturated rings. The molecule has 0 unspecified atom stereocenters. The molecule has 0 bridgehead atoms. The summed E-state index contributed by atoms with van der Waals surface area (Å²) in [7, 11) is 1.95. The summed E-state index contributed by atoms with van der Waals surface area (Å²) < 4.78 is 15.3. The van der Waals surface area contributed by atoms with Crippen LogP contribution in [0.5, 0.6) is 0 Å². The molecule has 0 saturated heterocycles. The maximum Gasteiger partial charge on any atom is 0.123 e. The molecule has 0 atom stereocenters. The van der Waals surface area contributed by atoms with Crippen molar-refractivity contribution in [3.63, 3.8) is 0 Å². The molecule has 0 amide bonds. The molecule has 0 aliphatic carbocycles. The summed E-state index contributed by atoms with van der Waals surface area (Å²) >= 11 is 0. The van der Waals surface area contributed by atoms with Crippen molar-refractivity contribution >= 4 is 0 Å². The first-order valence-electron chi connectivity index (χ1n) is 6.88. The van der Waals surface area contributed by atoms with E-state index in [0.29, 0.717) is 0 Å². The van der Waals surface area contributed by atoms with E-state index in [2.05, 4.69) is 28.7 Å². The zero-order valence-corrected chi connectivity index (χ0v) is 12.6. The van der Waals surface area contributed by atoms with Crippen molar-refractivity contribution in [3.8, 4) is 0 Å². The molecule has 2 rings (SSSR count). The largest absolute Gasteiger partial charge is 0.333 e. The van der Waals surface area contributed by atoms with E-state index >= 15 is 0 Å². The van der Waals surface area contributed by atoms with Gasteiger partial charge in [0.15, 0.2) is 0 Å². The minimum absolute atomic E-state index is 0.117. The van der Waals surface area contributed by atoms with Crippen LogP contribution in [-0.4, -0.2) is 16.6 Å². The van der Waals surface area contributed by atoms with Gasteiger partial charge < -0.3 is 9.88 Å². The third kappa shape index (κ3) is 3.07. The normalized spacial score (nSPS) is 11.8. The molecule has 1 N–H and O–H groups in total. The second-order valence-electron chi connectivity index (χ2n) is 5.67. The van der Waals surface area contributed by atoms with Crippen LogP contribution in [0.4, 0.5) is 4.39 Å². The number of benzene rings is 1. The maximum absolute atomic E-state index is 13.1. The molecule has 4 heteroatoms. The molecule has 20 heavy (non-hydrogen) atoms. The van der Waals surface area contributed by atoms with Gasteiger partial charge in [-0.05, 0) is 57.5 Å². The number of rotatable bonds is 5. The molecular formula is C16H22FN3. The molecular weight excluding hydrogens is 253 g/mol. The summed E-state index contributed by atoms with van der Waals surface area (Å²) in [5, 5.41) is 3.29. The van der Waals surface area contributed by atoms with Gasteiger partial charge in [0.25, 0.3) is 0 Å². The Hall–Kier alpha value is -1.68. The standard InChI is InChI=1S/C16H22FN3/c1-12-9-14(17)6-5-13(12)7-8-20-11-19-10-15(20)16(2,3)18-4/h5-6,9-11,18H,7-8H2,1-4H3. The van der Waals surface area contributed by atoms with Gasteiger partial charge in [-0.25, -0.2) is 9.37 Å². The van der Waals surface area contributed by atoms with Crippen LogP contribution in [0, 0.1) is 12.7 Å². The highest BCUT2D eigenvalue weighted by atomic mass is 19.1. The van der Waals surface area contributed by atoms with E-state index in [9.17, 15) is 4.39 Å². The molecule has 108 valence electrons. The van der Waals surface area contributed by atoms with Crippen molar-refractivity contribution in [1.29, 1.82) is 0 Å². The number of hydrogen-bond donors (Lipinski definition) is 1. The summed E-state index contributed by atoms with van der Waals surface area (Å²) in [6.45, 7) is 7.05. The van der Waals surface area contributed by atoms with Gasteiger partial charge in [0.2, 0.25) is 0 Å². The fourth-order valence-corrected chi connectivity index (χ4v) is 2.33. The smallest absolute Gasteiger partial charge is 0.123 e. The fourth-order valence-electron chi connectivity index (χ4n) is 2.33. The molecule has 0 saturated carbocycles. The molecule has 2 aromatic rings. The van der Waals surface area contributed by atoms with Gasteiger partial charge in [-0.3, -0.25) is 0 Å². The van der Waals surface area contributed by atoms with E-state index in [1.807, 2.05) is 32.6 Å². The summed E-state index contributed by atoms with van der Waals surface area (Å²) in [4.78, 5) is 4.25. The van der Waals surface area contributed by atoms with Gasteiger partial charge >= 0.3 is 0 Å². The first kappa shape index (κ1) is 14.7. The lowest BCUT2D eigenvalue weighted by Gasteiger charge is -2.25. The van der Waals surface area contributed by atoms with Crippen LogP contribution in [-0.2, 0) is 18.5 Å². The zero-order valence-electron chi connectivity index (χ0n) is 12.6. The molecule has 1 aromatic carbocycles. The van der Waals surface area contributed by atoms with Crippen LogP contribution in [0.15, 0.2) is 30.7 Å². The minimum atomic E-state index is -0.175. The number of aryl methyl sites for hydroxylation is 3. The van der Waals surface area contributed by atoms with Crippen LogP contribution >= 0.6 is 0 Å². The third-order valence-electron chi connectivity index (χ3n) is 3.90. The average molecular weight is 275 g/mol. The SMILES string of the molecule is CNC(C)(C)c1cncn1CCc1ccc(F)cc1C. The lowest BCUT2D eigenvalue weighted by atomic mass is 10.0. The summed E-state index contributed by atoms with van der Waals surface area (Å²) in [6.07, 6.45) is 4.62. The van der Waals surface area contributed by atoms with E-state index in [1.165, 1.54) is 11.6 Å². The fraction of sp³-hybridized carbons (Fsp3) is 0.438. The number of hydrogen-bond acceptors (Lipinski definition) is 2. The molecule has 1 heterocycles. The minimum Gasteiger partial charge on any atom is -0.333 e. The van der Waals surface area contributed by atoms with Gasteiger partial charge in [-0.15, -0.1) is 0 Å². The number of nitrogens with one attached hydrogen (secondary N) is 1. The Balaban J connectivity index is 2.14. The molecule has 1 aromatic heterocycles. The molecule has 3 nitrogen and oxygen atoms in total. The van der Waals surface area contributed by atoms with Crippen molar-refractivity contribution in [2.24, 2.45) is 0 Å². The Kier molecular flexibility index (Phi) is 4.23. The zero-order chi connectivity index (χ0) is 14.8. The summed E-state index contributed by atoms with van der Waals surface area (Å²) in [5.41, 5.74) is 3.21. The molecule has 0 aliphatic heterocycles. The highest BCUT2D eigenvalue weighted by Gasteiger charge is 2.21. The van der Waals surface area contributed by atoms with E-state index in [1.54, 1.807) is 6.07 Å². The number of nitrogens with zero attached hydrogens (tertiary/aromatic N) is 2. The van der Waals surface area contributed by atoms with Gasteiger partial charge in [0, 0.05) is 12.7 Å². The number of imidazole rings is 1. The number of halogens is 1. The van der Waals surface area contributed by atoms with Gasteiger partial charge in [-0.2, -0.15) is 0 Å². The van der Waals surface area contributed by atoms with Crippen LogP contribution in [0.2, 0.25) is 0 Å². The van der Waals surface area contributed by atoms with Gasteiger partial charge in [-0.1, -0.05) is 6.07 Å². The van der Waals surface area contributed by atoms with E-state index < -0.39 is 0 Å². The van der Waals surface area contributed by atoms with Crippen molar-refractivity contribution in [2.75, 3.05) is 7.05 Å². The van der Waals surface area contributed by atoms with E-state index in [0.717, 1.165) is 24.2 Å². The second-order valence-corrected chi connectivity index (χ2v) is 5.67. The topological polar surface area (TPSA) is 29.9 Å². The van der Waals surface area contributed by atoms with Gasteiger partial charge in [0.1, 0.15) is 5.82 Å². The highest BCUT2D eigenvalue weighted by Crippen LogP contribution is 2.20. The first-order valence-corrected chi connectivity index (χ1v) is 6.88. The first-order chi connectivity index (χ1) is 9.44. The van der Waals surface area contributed by atoms with Crippen LogP contribution < -0.4 is 5.32 Å². The summed E-state index contributed by atoms with van der Waals surface area (Å²) in [6, 6.07) is 4.97. The second kappa shape index (κ2) is 5.75. The van der Waals surface area contributed by atoms with Gasteiger partial charge in [0.05, 0.1) is 17.6 Å². The van der Waals surface area contributed by atoms with Crippen molar-refractivity contribution in [1.82, 2.24) is 14.9 Å². The van der Waals surface area contributed by atoms with Crippen molar-refractivity contribution < 1.29 is 4.39 Å². The molecule has 0 spiro atoms. The monoisotopic (exact) mass is 275 g/mol. The lowest BCUT2D eigenvalue weighted by Crippen LogP contribution is -2.35. The van der Waals surface area contributed by atoms with Crippen LogP contribution in [0.1, 0.15) is 30.7 Å². The Labute approximate surface area is 119 Å². The maximum atomic E-state index is 13.1. The Morgan fingerprint density at radius 3 is 2.75 bits per heavy atom. The van der Waals surface area contributed by atoms with Crippen molar-refractivity contribution in [2.45, 2.75) is 39.3 Å².